The normalized spacial score (nSPS) is 18.0. The minimum atomic E-state index is -0.497. The van der Waals surface area contributed by atoms with Gasteiger partial charge in [0.25, 0.3) is 0 Å². The Kier molecular flexibility index (Phi) is 5.04. The molecule has 2 aromatic carbocycles. The van der Waals surface area contributed by atoms with Crippen molar-refractivity contribution < 1.29 is 18.8 Å². The van der Waals surface area contributed by atoms with Crippen LogP contribution in [0.1, 0.15) is 38.8 Å². The van der Waals surface area contributed by atoms with E-state index in [0.717, 1.165) is 22.5 Å². The van der Waals surface area contributed by atoms with Gasteiger partial charge in [-0.1, -0.05) is 29.8 Å². The van der Waals surface area contributed by atoms with Crippen molar-refractivity contribution in [2.45, 2.75) is 52.4 Å². The smallest absolute Gasteiger partial charge is 0.497 e. The Morgan fingerprint density at radius 1 is 0.923 bits per heavy atom. The van der Waals surface area contributed by atoms with E-state index >= 15 is 0 Å². The van der Waals surface area contributed by atoms with Gasteiger partial charge in [-0.05, 0) is 58.4 Å². The van der Waals surface area contributed by atoms with E-state index in [0.29, 0.717) is 6.61 Å². The first-order chi connectivity index (χ1) is 12.2. The molecule has 0 spiro atoms. The van der Waals surface area contributed by atoms with Crippen molar-refractivity contribution in [3.05, 3.63) is 53.6 Å². The third-order valence-corrected chi connectivity index (χ3v) is 5.24. The minimum absolute atomic E-state index is 0.408. The molecule has 0 aliphatic carbocycles. The molecule has 0 saturated carbocycles. The van der Waals surface area contributed by atoms with Crippen molar-refractivity contribution in [3.8, 4) is 11.5 Å². The maximum atomic E-state index is 6.20. The number of methoxy groups -OCH3 is 1. The maximum absolute atomic E-state index is 6.20. The standard InChI is InChI=1S/C21H27BO4/c1-15-7-9-16(10-8-15)14-24-19-12-11-17(23-6)13-18(19)22-25-20(2,3)21(4,5)26-22/h7-13H,14H2,1-6H3. The lowest BCUT2D eigenvalue weighted by molar-refractivity contribution is 0.00578. The van der Waals surface area contributed by atoms with Gasteiger partial charge in [-0.3, -0.25) is 0 Å². The van der Waals surface area contributed by atoms with Crippen molar-refractivity contribution >= 4 is 12.6 Å². The molecule has 1 heterocycles. The van der Waals surface area contributed by atoms with E-state index in [1.54, 1.807) is 7.11 Å². The number of hydrogen-bond donors (Lipinski definition) is 0. The third kappa shape index (κ3) is 3.74. The van der Waals surface area contributed by atoms with Crippen LogP contribution in [-0.2, 0) is 15.9 Å². The zero-order valence-electron chi connectivity index (χ0n) is 16.5. The molecule has 1 aliphatic heterocycles. The summed E-state index contributed by atoms with van der Waals surface area (Å²) in [7, 11) is 1.15. The van der Waals surface area contributed by atoms with E-state index in [1.807, 2.05) is 45.9 Å². The average Bonchev–Trinajstić information content (AvgIpc) is 2.82. The van der Waals surface area contributed by atoms with Crippen molar-refractivity contribution in [2.24, 2.45) is 0 Å². The molecule has 2 aromatic rings. The lowest BCUT2D eigenvalue weighted by Crippen LogP contribution is -2.41. The zero-order chi connectivity index (χ0) is 18.9. The fourth-order valence-electron chi connectivity index (χ4n) is 2.78. The topological polar surface area (TPSA) is 36.9 Å². The summed E-state index contributed by atoms with van der Waals surface area (Å²) in [6, 6.07) is 14.0. The SMILES string of the molecule is COc1ccc(OCc2ccc(C)cc2)c(B2OC(C)(C)C(C)(C)O2)c1. The number of ether oxygens (including phenoxy) is 2. The fourth-order valence-corrected chi connectivity index (χ4v) is 2.78. The van der Waals surface area contributed by atoms with E-state index in [-0.39, 0.29) is 0 Å². The van der Waals surface area contributed by atoms with Gasteiger partial charge in [0, 0.05) is 5.46 Å². The summed E-state index contributed by atoms with van der Waals surface area (Å²) in [5.74, 6) is 1.49. The highest BCUT2D eigenvalue weighted by Crippen LogP contribution is 2.37. The summed E-state index contributed by atoms with van der Waals surface area (Å²) in [6.07, 6.45) is 0. The molecule has 1 fully saturated rings. The summed E-state index contributed by atoms with van der Waals surface area (Å²) < 4.78 is 23.9. The lowest BCUT2D eigenvalue weighted by atomic mass is 9.78. The predicted molar refractivity (Wildman–Crippen MR) is 104 cm³/mol. The highest BCUT2D eigenvalue weighted by atomic mass is 16.7. The van der Waals surface area contributed by atoms with Gasteiger partial charge >= 0.3 is 7.12 Å². The average molecular weight is 354 g/mol. The molecule has 4 nitrogen and oxygen atoms in total. The van der Waals surface area contributed by atoms with Crippen molar-refractivity contribution in [1.82, 2.24) is 0 Å². The molecule has 0 atom stereocenters. The maximum Gasteiger partial charge on any atom is 0.498 e. The van der Waals surface area contributed by atoms with Crippen molar-refractivity contribution in [1.29, 1.82) is 0 Å². The Hall–Kier alpha value is -1.98. The van der Waals surface area contributed by atoms with E-state index in [1.165, 1.54) is 5.56 Å². The molecule has 0 unspecified atom stereocenters. The van der Waals surface area contributed by atoms with Crippen LogP contribution in [0.2, 0.25) is 0 Å². The molecule has 0 aromatic heterocycles. The van der Waals surface area contributed by atoms with Gasteiger partial charge in [-0.25, -0.2) is 0 Å². The first-order valence-corrected chi connectivity index (χ1v) is 8.94. The van der Waals surface area contributed by atoms with Gasteiger partial charge in [0.1, 0.15) is 18.1 Å². The molecule has 0 bridgehead atoms. The Morgan fingerprint density at radius 2 is 1.54 bits per heavy atom. The highest BCUT2D eigenvalue weighted by Gasteiger charge is 2.52. The van der Waals surface area contributed by atoms with Crippen LogP contribution in [0.15, 0.2) is 42.5 Å². The first-order valence-electron chi connectivity index (χ1n) is 8.94. The summed E-state index contributed by atoms with van der Waals surface area (Å²) in [5.41, 5.74) is 2.38. The second-order valence-corrected chi connectivity index (χ2v) is 7.77. The third-order valence-electron chi connectivity index (χ3n) is 5.24. The van der Waals surface area contributed by atoms with Crippen LogP contribution < -0.4 is 14.9 Å². The molecular weight excluding hydrogens is 327 g/mol. The van der Waals surface area contributed by atoms with Crippen LogP contribution in [0.3, 0.4) is 0 Å². The van der Waals surface area contributed by atoms with Crippen LogP contribution in [0.5, 0.6) is 11.5 Å². The Bertz CT molecular complexity index is 752. The van der Waals surface area contributed by atoms with Crippen LogP contribution in [0.25, 0.3) is 0 Å². The summed E-state index contributed by atoms with van der Waals surface area (Å²) >= 11 is 0. The molecule has 0 amide bonds. The van der Waals surface area contributed by atoms with Crippen LogP contribution in [0.4, 0.5) is 0 Å². The van der Waals surface area contributed by atoms with Crippen molar-refractivity contribution in [3.63, 3.8) is 0 Å². The zero-order valence-corrected chi connectivity index (χ0v) is 16.5. The summed E-state index contributed by atoms with van der Waals surface area (Å²) in [4.78, 5) is 0. The molecule has 138 valence electrons. The van der Waals surface area contributed by atoms with Crippen molar-refractivity contribution in [2.75, 3.05) is 7.11 Å². The van der Waals surface area contributed by atoms with Crippen LogP contribution in [-0.4, -0.2) is 25.4 Å². The largest absolute Gasteiger partial charge is 0.498 e. The van der Waals surface area contributed by atoms with E-state index < -0.39 is 18.3 Å². The van der Waals surface area contributed by atoms with E-state index in [4.69, 9.17) is 18.8 Å². The van der Waals surface area contributed by atoms with E-state index in [2.05, 4.69) is 31.2 Å². The first kappa shape index (κ1) is 18.8. The highest BCUT2D eigenvalue weighted by molar-refractivity contribution is 6.63. The minimum Gasteiger partial charge on any atom is -0.497 e. The number of aryl methyl sites for hydroxylation is 1. The van der Waals surface area contributed by atoms with Crippen LogP contribution >= 0.6 is 0 Å². The molecule has 0 radical (unpaired) electrons. The number of rotatable bonds is 5. The molecule has 3 rings (SSSR count). The van der Waals surface area contributed by atoms with Gasteiger partial charge in [-0.2, -0.15) is 0 Å². The summed E-state index contributed by atoms with van der Waals surface area (Å²) in [6.45, 7) is 10.7. The van der Waals surface area contributed by atoms with Gasteiger partial charge in [0.2, 0.25) is 0 Å². The van der Waals surface area contributed by atoms with Gasteiger partial charge in [0.15, 0.2) is 0 Å². The second-order valence-electron chi connectivity index (χ2n) is 7.77. The molecular formula is C21H27BO4. The van der Waals surface area contributed by atoms with Crippen LogP contribution in [0, 0.1) is 6.92 Å². The van der Waals surface area contributed by atoms with E-state index in [9.17, 15) is 0 Å². The molecule has 1 aliphatic rings. The Morgan fingerprint density at radius 3 is 2.12 bits per heavy atom. The lowest BCUT2D eigenvalue weighted by Gasteiger charge is -2.32. The predicted octanol–water partition coefficient (Wildman–Crippen LogP) is 3.88. The number of benzene rings is 2. The summed E-state index contributed by atoms with van der Waals surface area (Å²) in [5, 5.41) is 0. The Balaban J connectivity index is 1.85. The van der Waals surface area contributed by atoms with Gasteiger partial charge in [-0.15, -0.1) is 0 Å². The molecule has 26 heavy (non-hydrogen) atoms. The fraction of sp³-hybridized carbons (Fsp3) is 0.429. The molecule has 0 N–H and O–H groups in total. The second kappa shape index (κ2) is 6.97. The van der Waals surface area contributed by atoms with Gasteiger partial charge in [0.05, 0.1) is 18.3 Å². The molecule has 5 heteroatoms. The quantitative estimate of drug-likeness (QED) is 0.764. The van der Waals surface area contributed by atoms with Gasteiger partial charge < -0.3 is 18.8 Å². The number of hydrogen-bond acceptors (Lipinski definition) is 4. The monoisotopic (exact) mass is 354 g/mol. The molecule has 1 saturated heterocycles. The Labute approximate surface area is 156 Å².